The van der Waals surface area contributed by atoms with Crippen LogP contribution in [0, 0.1) is 16.7 Å². The molecule has 0 aromatic heterocycles. The average molecular weight is 183 g/mol. The quantitative estimate of drug-likeness (QED) is 0.443. The van der Waals surface area contributed by atoms with Crippen molar-refractivity contribution < 1.29 is 10.3 Å². The highest BCUT2D eigenvalue weighted by Crippen LogP contribution is 2.64. The third kappa shape index (κ3) is 0.766. The summed E-state index contributed by atoms with van der Waals surface area (Å²) in [6.45, 7) is 6.41. The molecule has 0 aromatic carbocycles. The maximum Gasteiger partial charge on any atom is 0.102 e. The van der Waals surface area contributed by atoms with Gasteiger partial charge >= 0.3 is 0 Å². The van der Waals surface area contributed by atoms with Crippen molar-refractivity contribution in [1.29, 1.82) is 0 Å². The predicted molar refractivity (Wildman–Crippen MR) is 49.8 cm³/mol. The van der Waals surface area contributed by atoms with Gasteiger partial charge in [-0.25, -0.2) is 0 Å². The molecule has 0 aliphatic heterocycles. The summed E-state index contributed by atoms with van der Waals surface area (Å²) < 4.78 is 0. The van der Waals surface area contributed by atoms with Crippen LogP contribution in [0.5, 0.6) is 0 Å². The van der Waals surface area contributed by atoms with Crippen molar-refractivity contribution in [2.45, 2.75) is 39.7 Å². The number of hydrogen-bond donors (Lipinski definition) is 2. The standard InChI is InChI=1S/C10H17NO2/c1-9(2)6-4-5-10(9,3)8(12)7(6)11-13/h6,8,12-13H,4-5H2,1-3H3/b11-7+/t6-,8-,10+/m1/s1. The Morgan fingerprint density at radius 3 is 2.31 bits per heavy atom. The van der Waals surface area contributed by atoms with Crippen molar-refractivity contribution in [3.63, 3.8) is 0 Å². The lowest BCUT2D eigenvalue weighted by atomic mass is 9.70. The molecule has 3 heteroatoms. The Balaban J connectivity index is 2.51. The molecule has 0 heterocycles. The van der Waals surface area contributed by atoms with Crippen LogP contribution in [0.2, 0.25) is 0 Å². The topological polar surface area (TPSA) is 52.8 Å². The molecule has 0 spiro atoms. The van der Waals surface area contributed by atoms with Crippen molar-refractivity contribution >= 4 is 5.71 Å². The Morgan fingerprint density at radius 1 is 1.38 bits per heavy atom. The van der Waals surface area contributed by atoms with Crippen molar-refractivity contribution in [3.8, 4) is 0 Å². The smallest absolute Gasteiger partial charge is 0.102 e. The molecule has 2 aliphatic carbocycles. The van der Waals surface area contributed by atoms with E-state index in [9.17, 15) is 5.11 Å². The third-order valence-electron chi connectivity index (χ3n) is 4.65. The number of hydrogen-bond acceptors (Lipinski definition) is 3. The van der Waals surface area contributed by atoms with Crippen LogP contribution in [0.4, 0.5) is 0 Å². The molecule has 2 rings (SSSR count). The lowest BCUT2D eigenvalue weighted by Crippen LogP contribution is -2.37. The fourth-order valence-electron chi connectivity index (χ4n) is 3.17. The summed E-state index contributed by atoms with van der Waals surface area (Å²) in [6, 6.07) is 0. The fourth-order valence-corrected chi connectivity index (χ4v) is 3.17. The molecule has 3 nitrogen and oxygen atoms in total. The Bertz CT molecular complexity index is 272. The molecule has 3 atom stereocenters. The normalized spacial score (nSPS) is 50.3. The first-order valence-corrected chi connectivity index (χ1v) is 4.85. The SMILES string of the molecule is CC1(C)[C@@H]2CC[C@@]1(C)[C@H](O)/C2=N/O. The summed E-state index contributed by atoms with van der Waals surface area (Å²) in [4.78, 5) is 0. The van der Waals surface area contributed by atoms with Crippen LogP contribution in [0.3, 0.4) is 0 Å². The van der Waals surface area contributed by atoms with Crippen molar-refractivity contribution in [2.75, 3.05) is 0 Å². The van der Waals surface area contributed by atoms with Gasteiger partial charge in [0.1, 0.15) is 6.10 Å². The summed E-state index contributed by atoms with van der Waals surface area (Å²) in [5.74, 6) is 0.262. The highest BCUT2D eigenvalue weighted by Gasteiger charge is 2.64. The van der Waals surface area contributed by atoms with Gasteiger partial charge in [0.05, 0.1) is 5.71 Å². The van der Waals surface area contributed by atoms with Gasteiger partial charge in [-0.15, -0.1) is 0 Å². The summed E-state index contributed by atoms with van der Waals surface area (Å²) in [5.41, 5.74) is 0.562. The number of fused-ring (bicyclic) bond motifs is 2. The van der Waals surface area contributed by atoms with Crippen LogP contribution in [0.15, 0.2) is 5.16 Å². The minimum Gasteiger partial charge on any atom is -0.411 e. The van der Waals surface area contributed by atoms with E-state index in [1.807, 2.05) is 0 Å². The van der Waals surface area contributed by atoms with Crippen molar-refractivity contribution in [1.82, 2.24) is 0 Å². The number of aliphatic hydroxyl groups is 1. The van der Waals surface area contributed by atoms with E-state index in [1.54, 1.807) is 0 Å². The van der Waals surface area contributed by atoms with E-state index >= 15 is 0 Å². The van der Waals surface area contributed by atoms with E-state index in [-0.39, 0.29) is 16.7 Å². The van der Waals surface area contributed by atoms with E-state index in [0.29, 0.717) is 5.71 Å². The summed E-state index contributed by atoms with van der Waals surface area (Å²) in [5, 5.41) is 22.1. The highest BCUT2D eigenvalue weighted by atomic mass is 16.4. The summed E-state index contributed by atoms with van der Waals surface area (Å²) >= 11 is 0. The lowest BCUT2D eigenvalue weighted by Gasteiger charge is -2.35. The first-order valence-electron chi connectivity index (χ1n) is 4.85. The number of oxime groups is 1. The van der Waals surface area contributed by atoms with Gasteiger partial charge in [-0.05, 0) is 18.3 Å². The van der Waals surface area contributed by atoms with Crippen LogP contribution < -0.4 is 0 Å². The van der Waals surface area contributed by atoms with Crippen molar-refractivity contribution in [3.05, 3.63) is 0 Å². The Morgan fingerprint density at radius 2 is 2.00 bits per heavy atom. The number of rotatable bonds is 0. The summed E-state index contributed by atoms with van der Waals surface area (Å²) in [7, 11) is 0. The zero-order valence-electron chi connectivity index (χ0n) is 8.41. The van der Waals surface area contributed by atoms with Gasteiger partial charge in [0.25, 0.3) is 0 Å². The van der Waals surface area contributed by atoms with Crippen LogP contribution in [-0.4, -0.2) is 22.1 Å². The second-order valence-corrected chi connectivity index (χ2v) is 5.16. The first-order chi connectivity index (χ1) is 5.95. The molecular weight excluding hydrogens is 166 g/mol. The average Bonchev–Trinajstić information content (AvgIpc) is 2.36. The maximum absolute atomic E-state index is 9.98. The van der Waals surface area contributed by atoms with Gasteiger partial charge < -0.3 is 10.3 Å². The van der Waals surface area contributed by atoms with E-state index in [0.717, 1.165) is 12.8 Å². The van der Waals surface area contributed by atoms with Gasteiger partial charge in [-0.3, -0.25) is 0 Å². The van der Waals surface area contributed by atoms with E-state index in [4.69, 9.17) is 5.21 Å². The molecule has 0 radical (unpaired) electrons. The molecular formula is C10H17NO2. The van der Waals surface area contributed by atoms with Gasteiger partial charge in [0.2, 0.25) is 0 Å². The highest BCUT2D eigenvalue weighted by molar-refractivity contribution is 5.95. The molecule has 2 fully saturated rings. The molecule has 2 bridgehead atoms. The second-order valence-electron chi connectivity index (χ2n) is 5.16. The predicted octanol–water partition coefficient (Wildman–Crippen LogP) is 1.63. The molecule has 13 heavy (non-hydrogen) atoms. The number of aliphatic hydroxyl groups excluding tert-OH is 1. The van der Waals surface area contributed by atoms with Gasteiger partial charge in [0, 0.05) is 11.3 Å². The monoisotopic (exact) mass is 183 g/mol. The van der Waals surface area contributed by atoms with Gasteiger partial charge in [-0.2, -0.15) is 0 Å². The summed E-state index contributed by atoms with van der Waals surface area (Å²) in [6.07, 6.45) is 1.52. The third-order valence-corrected chi connectivity index (χ3v) is 4.65. The maximum atomic E-state index is 9.98. The molecule has 2 N–H and O–H groups in total. The van der Waals surface area contributed by atoms with E-state index < -0.39 is 6.10 Å². The lowest BCUT2D eigenvalue weighted by molar-refractivity contribution is 0.0332. The zero-order valence-corrected chi connectivity index (χ0v) is 8.41. The molecule has 0 unspecified atom stereocenters. The van der Waals surface area contributed by atoms with Crippen molar-refractivity contribution in [2.24, 2.45) is 21.9 Å². The largest absolute Gasteiger partial charge is 0.411 e. The second kappa shape index (κ2) is 2.27. The fraction of sp³-hybridized carbons (Fsp3) is 0.900. The van der Waals surface area contributed by atoms with Crippen LogP contribution in [0.1, 0.15) is 33.6 Å². The number of nitrogens with zero attached hydrogens (tertiary/aromatic N) is 1. The molecule has 0 saturated heterocycles. The van der Waals surface area contributed by atoms with Crippen LogP contribution in [0.25, 0.3) is 0 Å². The molecule has 2 aliphatic rings. The Kier molecular flexibility index (Phi) is 1.57. The Hall–Kier alpha value is -0.570. The van der Waals surface area contributed by atoms with E-state index in [1.165, 1.54) is 0 Å². The van der Waals surface area contributed by atoms with Gasteiger partial charge in [0.15, 0.2) is 0 Å². The van der Waals surface area contributed by atoms with Gasteiger partial charge in [-0.1, -0.05) is 25.9 Å². The van der Waals surface area contributed by atoms with Crippen LogP contribution in [-0.2, 0) is 0 Å². The molecule has 2 saturated carbocycles. The molecule has 74 valence electrons. The minimum absolute atomic E-state index is 0.0635. The zero-order chi connectivity index (χ0) is 9.85. The van der Waals surface area contributed by atoms with Crippen LogP contribution >= 0.6 is 0 Å². The Labute approximate surface area is 78.4 Å². The molecule has 0 aromatic rings. The van der Waals surface area contributed by atoms with E-state index in [2.05, 4.69) is 25.9 Å². The minimum atomic E-state index is -0.550. The first kappa shape index (κ1) is 9.00. The molecule has 0 amide bonds.